The molecule has 3 aromatic rings. The van der Waals surface area contributed by atoms with Crippen LogP contribution < -0.4 is 10.2 Å². The summed E-state index contributed by atoms with van der Waals surface area (Å²) in [6, 6.07) is 16.9. The molecule has 0 bridgehead atoms. The number of fused-ring (bicyclic) bond motifs is 1. The van der Waals surface area contributed by atoms with Crippen molar-refractivity contribution in [3.63, 3.8) is 0 Å². The number of allylic oxidation sites excluding steroid dienone is 1. The first-order chi connectivity index (χ1) is 15.6. The van der Waals surface area contributed by atoms with Gasteiger partial charge in [-0.25, -0.2) is 9.78 Å². The SMILES string of the molecule is CCOC(=O)Nc1ccc(C(=O)C=Cc2cc(N3CCCCC3)c3ccccc3n2)cc1. The molecule has 2 aromatic carbocycles. The number of hydrogen-bond acceptors (Lipinski definition) is 5. The lowest BCUT2D eigenvalue weighted by molar-refractivity contribution is 0.104. The van der Waals surface area contributed by atoms with Crippen molar-refractivity contribution >= 4 is 40.2 Å². The zero-order valence-electron chi connectivity index (χ0n) is 18.2. The summed E-state index contributed by atoms with van der Waals surface area (Å²) in [5.74, 6) is -0.123. The van der Waals surface area contributed by atoms with Crippen molar-refractivity contribution in [2.45, 2.75) is 26.2 Å². The van der Waals surface area contributed by atoms with Crippen LogP contribution in [-0.2, 0) is 4.74 Å². The third-order valence-corrected chi connectivity index (χ3v) is 5.51. The fourth-order valence-corrected chi connectivity index (χ4v) is 3.92. The van der Waals surface area contributed by atoms with Crippen LogP contribution in [0.5, 0.6) is 0 Å². The van der Waals surface area contributed by atoms with Crippen LogP contribution in [0.25, 0.3) is 17.0 Å². The van der Waals surface area contributed by atoms with Crippen LogP contribution in [0.1, 0.15) is 42.2 Å². The normalized spacial score (nSPS) is 14.0. The molecule has 164 valence electrons. The van der Waals surface area contributed by atoms with Crippen molar-refractivity contribution in [3.8, 4) is 0 Å². The number of nitrogens with one attached hydrogen (secondary N) is 1. The fraction of sp³-hybridized carbons (Fsp3) is 0.269. The molecule has 0 atom stereocenters. The maximum absolute atomic E-state index is 12.7. The van der Waals surface area contributed by atoms with E-state index in [1.54, 1.807) is 43.3 Å². The molecule has 0 aliphatic carbocycles. The molecule has 1 saturated heterocycles. The molecule has 32 heavy (non-hydrogen) atoms. The number of aromatic nitrogens is 1. The molecule has 6 nitrogen and oxygen atoms in total. The van der Waals surface area contributed by atoms with E-state index in [1.807, 2.05) is 18.2 Å². The molecule has 1 amide bonds. The molecule has 1 aromatic heterocycles. The molecule has 1 N–H and O–H groups in total. The topological polar surface area (TPSA) is 71.5 Å². The summed E-state index contributed by atoms with van der Waals surface area (Å²) >= 11 is 0. The minimum absolute atomic E-state index is 0.123. The zero-order valence-corrected chi connectivity index (χ0v) is 18.2. The van der Waals surface area contributed by atoms with Crippen molar-refractivity contribution in [3.05, 3.63) is 71.9 Å². The predicted molar refractivity (Wildman–Crippen MR) is 128 cm³/mol. The van der Waals surface area contributed by atoms with Crippen LogP contribution >= 0.6 is 0 Å². The Kier molecular flexibility index (Phi) is 6.80. The van der Waals surface area contributed by atoms with Crippen molar-refractivity contribution in [2.75, 3.05) is 29.9 Å². The number of nitrogens with zero attached hydrogens (tertiary/aromatic N) is 2. The van der Waals surface area contributed by atoms with E-state index in [0.717, 1.165) is 29.7 Å². The largest absolute Gasteiger partial charge is 0.450 e. The van der Waals surface area contributed by atoms with Gasteiger partial charge in [-0.1, -0.05) is 18.2 Å². The summed E-state index contributed by atoms with van der Waals surface area (Å²) in [6.07, 6.45) is 6.47. The van der Waals surface area contributed by atoms with E-state index < -0.39 is 6.09 Å². The third-order valence-electron chi connectivity index (χ3n) is 5.51. The Balaban J connectivity index is 1.53. The fourth-order valence-electron chi connectivity index (χ4n) is 3.92. The Labute approximate surface area is 187 Å². The average Bonchev–Trinajstić information content (AvgIpc) is 2.83. The number of rotatable bonds is 6. The first kappa shape index (κ1) is 21.6. The first-order valence-electron chi connectivity index (χ1n) is 11.0. The molecule has 1 aliphatic rings. The molecule has 0 radical (unpaired) electrons. The van der Waals surface area contributed by atoms with Gasteiger partial charge < -0.3 is 9.64 Å². The number of piperidine rings is 1. The molecule has 1 aliphatic heterocycles. The second-order valence-electron chi connectivity index (χ2n) is 7.75. The van der Waals surface area contributed by atoms with Crippen LogP contribution in [0, 0.1) is 0 Å². The van der Waals surface area contributed by atoms with Gasteiger partial charge in [-0.3, -0.25) is 10.1 Å². The highest BCUT2D eigenvalue weighted by molar-refractivity contribution is 6.07. The highest BCUT2D eigenvalue weighted by Gasteiger charge is 2.15. The number of hydrogen-bond donors (Lipinski definition) is 1. The van der Waals surface area contributed by atoms with Crippen molar-refractivity contribution in [1.29, 1.82) is 0 Å². The quantitative estimate of drug-likeness (QED) is 0.403. The molecule has 6 heteroatoms. The molecule has 1 fully saturated rings. The van der Waals surface area contributed by atoms with Gasteiger partial charge in [0.25, 0.3) is 0 Å². The van der Waals surface area contributed by atoms with Gasteiger partial charge in [0.05, 0.1) is 17.8 Å². The summed E-state index contributed by atoms with van der Waals surface area (Å²) in [5, 5.41) is 3.76. The summed E-state index contributed by atoms with van der Waals surface area (Å²) in [7, 11) is 0. The van der Waals surface area contributed by atoms with Crippen molar-refractivity contribution < 1.29 is 14.3 Å². The number of carbonyl (C=O) groups is 2. The Morgan fingerprint density at radius 2 is 1.81 bits per heavy atom. The van der Waals surface area contributed by atoms with E-state index in [4.69, 9.17) is 9.72 Å². The Hall–Kier alpha value is -3.67. The standard InChI is InChI=1S/C26H27N3O3/c1-2-32-26(31)28-20-12-10-19(11-13-20)25(30)15-14-21-18-24(29-16-6-3-7-17-29)22-8-4-5-9-23(22)27-21/h4-5,8-15,18H,2-3,6-7,16-17H2,1H3,(H,28,31). The Morgan fingerprint density at radius 3 is 2.56 bits per heavy atom. The van der Waals surface area contributed by atoms with E-state index >= 15 is 0 Å². The number of ether oxygens (including phenoxy) is 1. The van der Waals surface area contributed by atoms with Crippen molar-refractivity contribution in [2.24, 2.45) is 0 Å². The van der Waals surface area contributed by atoms with Crippen LogP contribution in [0.4, 0.5) is 16.2 Å². The van der Waals surface area contributed by atoms with E-state index in [-0.39, 0.29) is 5.78 Å². The highest BCUT2D eigenvalue weighted by Crippen LogP contribution is 2.29. The van der Waals surface area contributed by atoms with Gasteiger partial charge in [0.1, 0.15) is 0 Å². The Morgan fingerprint density at radius 1 is 1.06 bits per heavy atom. The number of carbonyl (C=O) groups excluding carboxylic acids is 2. The van der Waals surface area contributed by atoms with Crippen LogP contribution in [-0.4, -0.2) is 36.6 Å². The van der Waals surface area contributed by atoms with Gasteiger partial charge in [-0.15, -0.1) is 0 Å². The van der Waals surface area contributed by atoms with E-state index in [0.29, 0.717) is 17.9 Å². The summed E-state index contributed by atoms with van der Waals surface area (Å²) in [5.41, 5.74) is 3.98. The Bertz CT molecular complexity index is 1130. The lowest BCUT2D eigenvalue weighted by Crippen LogP contribution is -2.29. The maximum Gasteiger partial charge on any atom is 0.411 e. The third kappa shape index (κ3) is 5.14. The number of pyridine rings is 1. The van der Waals surface area contributed by atoms with Gasteiger partial charge in [0.15, 0.2) is 5.78 Å². The monoisotopic (exact) mass is 429 g/mol. The number of amides is 1. The van der Waals surface area contributed by atoms with E-state index in [2.05, 4.69) is 22.3 Å². The summed E-state index contributed by atoms with van der Waals surface area (Å²) < 4.78 is 4.86. The molecule has 0 spiro atoms. The van der Waals surface area contributed by atoms with Crippen LogP contribution in [0.2, 0.25) is 0 Å². The molecular weight excluding hydrogens is 402 g/mol. The molecular formula is C26H27N3O3. The smallest absolute Gasteiger partial charge is 0.411 e. The van der Waals surface area contributed by atoms with Crippen LogP contribution in [0.3, 0.4) is 0 Å². The zero-order chi connectivity index (χ0) is 22.3. The van der Waals surface area contributed by atoms with Gasteiger partial charge >= 0.3 is 6.09 Å². The molecule has 0 saturated carbocycles. The maximum atomic E-state index is 12.7. The molecule has 4 rings (SSSR count). The second kappa shape index (κ2) is 10.1. The number of ketones is 1. The number of para-hydroxylation sites is 1. The minimum atomic E-state index is -0.515. The van der Waals surface area contributed by atoms with E-state index in [9.17, 15) is 9.59 Å². The predicted octanol–water partition coefficient (Wildman–Crippen LogP) is 5.69. The average molecular weight is 430 g/mol. The number of benzene rings is 2. The van der Waals surface area contributed by atoms with Crippen molar-refractivity contribution in [1.82, 2.24) is 4.98 Å². The van der Waals surface area contributed by atoms with Gasteiger partial charge in [-0.05, 0) is 74.7 Å². The summed E-state index contributed by atoms with van der Waals surface area (Å²) in [6.45, 7) is 4.13. The second-order valence-corrected chi connectivity index (χ2v) is 7.75. The molecule has 2 heterocycles. The molecule has 0 unspecified atom stereocenters. The minimum Gasteiger partial charge on any atom is -0.450 e. The first-order valence-corrected chi connectivity index (χ1v) is 11.0. The lowest BCUT2D eigenvalue weighted by Gasteiger charge is -2.30. The van der Waals surface area contributed by atoms with Crippen LogP contribution in [0.15, 0.2) is 60.7 Å². The highest BCUT2D eigenvalue weighted by atomic mass is 16.5. The van der Waals surface area contributed by atoms with Gasteiger partial charge in [0.2, 0.25) is 0 Å². The van der Waals surface area contributed by atoms with Gasteiger partial charge in [-0.2, -0.15) is 0 Å². The van der Waals surface area contributed by atoms with E-state index in [1.165, 1.54) is 24.9 Å². The van der Waals surface area contributed by atoms with Gasteiger partial charge in [0, 0.05) is 35.4 Å². The summed E-state index contributed by atoms with van der Waals surface area (Å²) in [4.78, 5) is 31.3. The number of anilines is 2. The lowest BCUT2D eigenvalue weighted by atomic mass is 10.1.